The molecule has 1 rings (SSSR count). The minimum absolute atomic E-state index is 0.401. The van der Waals surface area contributed by atoms with Gasteiger partial charge in [-0.3, -0.25) is 0 Å². The summed E-state index contributed by atoms with van der Waals surface area (Å²) in [5.74, 6) is 2.76. The molecule has 1 aromatic heterocycles. The van der Waals surface area contributed by atoms with Crippen LogP contribution in [0.4, 0.5) is 13.2 Å². The van der Waals surface area contributed by atoms with Gasteiger partial charge in [0.2, 0.25) is 0 Å². The van der Waals surface area contributed by atoms with Gasteiger partial charge in [0.1, 0.15) is 0 Å². The van der Waals surface area contributed by atoms with Gasteiger partial charge in [0.25, 0.3) is 0 Å². The first kappa shape index (κ1) is 10.9. The minimum Gasteiger partial charge on any atom is -0.249 e. The van der Waals surface area contributed by atoms with E-state index >= 15 is 0 Å². The minimum atomic E-state index is -4.33. The Morgan fingerprint density at radius 1 is 1.43 bits per heavy atom. The maximum atomic E-state index is 12.1. The molecule has 0 unspecified atom stereocenters. The highest BCUT2D eigenvalue weighted by Crippen LogP contribution is 2.29. The fourth-order valence-corrected chi connectivity index (χ4v) is 1.27. The smallest absolute Gasteiger partial charge is 0.249 e. The van der Waals surface area contributed by atoms with Gasteiger partial charge in [-0.1, -0.05) is 17.7 Å². The third kappa shape index (κ3) is 2.96. The molecule has 0 saturated heterocycles. The van der Waals surface area contributed by atoms with Crippen LogP contribution in [0.15, 0.2) is 23.4 Å². The van der Waals surface area contributed by atoms with E-state index in [1.165, 1.54) is 17.8 Å². The number of thioether (sulfide) groups is 1. The Hall–Kier alpha value is -1.15. The van der Waals surface area contributed by atoms with E-state index in [0.29, 0.717) is 10.8 Å². The Kier molecular flexibility index (Phi) is 3.42. The van der Waals surface area contributed by atoms with E-state index in [9.17, 15) is 13.2 Å². The van der Waals surface area contributed by atoms with Crippen molar-refractivity contribution >= 4 is 11.8 Å². The van der Waals surface area contributed by atoms with E-state index < -0.39 is 11.7 Å². The van der Waals surface area contributed by atoms with Crippen molar-refractivity contribution in [2.75, 3.05) is 5.75 Å². The van der Waals surface area contributed by atoms with Gasteiger partial charge < -0.3 is 0 Å². The number of halogens is 3. The number of hydrogen-bond acceptors (Lipinski definition) is 2. The molecule has 0 N–H and O–H groups in total. The Morgan fingerprint density at radius 2 is 2.14 bits per heavy atom. The molecule has 0 radical (unpaired) electrons. The fourth-order valence-electron chi connectivity index (χ4n) is 0.749. The van der Waals surface area contributed by atoms with Crippen LogP contribution in [0, 0.1) is 12.3 Å². The van der Waals surface area contributed by atoms with Gasteiger partial charge in [-0.15, -0.1) is 6.42 Å². The van der Waals surface area contributed by atoms with Crippen molar-refractivity contribution in [2.24, 2.45) is 0 Å². The molecule has 0 aliphatic carbocycles. The molecule has 14 heavy (non-hydrogen) atoms. The van der Waals surface area contributed by atoms with Crippen LogP contribution in [0.3, 0.4) is 0 Å². The van der Waals surface area contributed by atoms with Crippen molar-refractivity contribution in [3.63, 3.8) is 0 Å². The molecule has 0 aliphatic heterocycles. The van der Waals surface area contributed by atoms with Gasteiger partial charge in [-0.25, -0.2) is 4.98 Å². The lowest BCUT2D eigenvalue weighted by molar-refractivity contribution is -0.137. The summed E-state index contributed by atoms with van der Waals surface area (Å²) in [5.41, 5.74) is -0.748. The van der Waals surface area contributed by atoms with Crippen molar-refractivity contribution < 1.29 is 13.2 Å². The Labute approximate surface area is 83.7 Å². The van der Waals surface area contributed by atoms with Crippen LogP contribution < -0.4 is 0 Å². The third-order valence-corrected chi connectivity index (χ3v) is 2.22. The van der Waals surface area contributed by atoms with Crippen LogP contribution in [-0.4, -0.2) is 10.7 Å². The van der Waals surface area contributed by atoms with Crippen LogP contribution in [0.1, 0.15) is 5.56 Å². The van der Waals surface area contributed by atoms with Crippen LogP contribution in [-0.2, 0) is 6.18 Å². The van der Waals surface area contributed by atoms with Gasteiger partial charge in [0, 0.05) is 6.20 Å². The van der Waals surface area contributed by atoms with E-state index in [1.807, 2.05) is 0 Å². The number of pyridine rings is 1. The monoisotopic (exact) mass is 217 g/mol. The summed E-state index contributed by atoms with van der Waals surface area (Å²) in [6.45, 7) is 0. The SMILES string of the molecule is C#CCSc1ccc(C(F)(F)F)cn1. The first-order valence-corrected chi connectivity index (χ1v) is 4.62. The maximum Gasteiger partial charge on any atom is 0.417 e. The van der Waals surface area contributed by atoms with E-state index in [0.717, 1.165) is 12.3 Å². The molecule has 5 heteroatoms. The van der Waals surface area contributed by atoms with E-state index in [-0.39, 0.29) is 0 Å². The highest BCUT2D eigenvalue weighted by Gasteiger charge is 2.30. The lowest BCUT2D eigenvalue weighted by Crippen LogP contribution is -2.05. The van der Waals surface area contributed by atoms with E-state index in [2.05, 4.69) is 10.9 Å². The zero-order valence-corrected chi connectivity index (χ0v) is 7.82. The average molecular weight is 217 g/mol. The summed E-state index contributed by atoms with van der Waals surface area (Å²) in [6.07, 6.45) is 1.47. The summed E-state index contributed by atoms with van der Waals surface area (Å²) in [7, 11) is 0. The second-order valence-electron chi connectivity index (χ2n) is 2.38. The number of hydrogen-bond donors (Lipinski definition) is 0. The van der Waals surface area contributed by atoms with Crippen LogP contribution in [0.5, 0.6) is 0 Å². The van der Waals surface area contributed by atoms with Gasteiger partial charge in [-0.05, 0) is 12.1 Å². The number of alkyl halides is 3. The van der Waals surface area contributed by atoms with Gasteiger partial charge in [0.05, 0.1) is 16.3 Å². The Morgan fingerprint density at radius 3 is 2.57 bits per heavy atom. The summed E-state index contributed by atoms with van der Waals surface area (Å²) in [4.78, 5) is 3.63. The number of terminal acetylenes is 1. The highest BCUT2D eigenvalue weighted by atomic mass is 32.2. The number of aromatic nitrogens is 1. The summed E-state index contributed by atoms with van der Waals surface area (Å²) < 4.78 is 36.3. The molecular formula is C9H6F3NS. The van der Waals surface area contributed by atoms with Crippen LogP contribution in [0.25, 0.3) is 0 Å². The molecule has 0 atom stereocenters. The fraction of sp³-hybridized carbons (Fsp3) is 0.222. The quantitative estimate of drug-likeness (QED) is 0.558. The predicted molar refractivity (Wildman–Crippen MR) is 48.8 cm³/mol. The van der Waals surface area contributed by atoms with Crippen LogP contribution >= 0.6 is 11.8 Å². The van der Waals surface area contributed by atoms with Crippen molar-refractivity contribution in [1.29, 1.82) is 0 Å². The molecule has 0 amide bonds. The second kappa shape index (κ2) is 4.38. The molecule has 0 aliphatic rings. The molecule has 1 heterocycles. The van der Waals surface area contributed by atoms with Crippen molar-refractivity contribution in [1.82, 2.24) is 4.98 Å². The highest BCUT2D eigenvalue weighted by molar-refractivity contribution is 7.99. The molecule has 1 aromatic rings. The first-order valence-electron chi connectivity index (χ1n) is 3.63. The largest absolute Gasteiger partial charge is 0.417 e. The molecule has 0 fully saturated rings. The third-order valence-electron chi connectivity index (χ3n) is 1.37. The number of rotatable bonds is 2. The van der Waals surface area contributed by atoms with Crippen molar-refractivity contribution in [3.05, 3.63) is 23.9 Å². The summed E-state index contributed by atoms with van der Waals surface area (Å²) in [5, 5.41) is 0.496. The molecule has 0 aromatic carbocycles. The topological polar surface area (TPSA) is 12.9 Å². The summed E-state index contributed by atoms with van der Waals surface area (Å²) in [6, 6.07) is 2.30. The van der Waals surface area contributed by atoms with Crippen LogP contribution in [0.2, 0.25) is 0 Å². The zero-order chi connectivity index (χ0) is 10.6. The molecule has 1 nitrogen and oxygen atoms in total. The maximum absolute atomic E-state index is 12.1. The second-order valence-corrected chi connectivity index (χ2v) is 3.37. The molecule has 0 saturated carbocycles. The molecule has 0 spiro atoms. The van der Waals surface area contributed by atoms with Crippen molar-refractivity contribution in [2.45, 2.75) is 11.2 Å². The molecular weight excluding hydrogens is 211 g/mol. The standard InChI is InChI=1S/C9H6F3NS/c1-2-5-14-8-4-3-7(6-13-8)9(10,11)12/h1,3-4,6H,5H2. The van der Waals surface area contributed by atoms with Gasteiger partial charge >= 0.3 is 6.18 Å². The lowest BCUT2D eigenvalue weighted by Gasteiger charge is -2.05. The van der Waals surface area contributed by atoms with Crippen molar-refractivity contribution in [3.8, 4) is 12.3 Å². The molecule has 74 valence electrons. The van der Waals surface area contributed by atoms with E-state index in [4.69, 9.17) is 6.42 Å². The normalized spacial score (nSPS) is 11.0. The lowest BCUT2D eigenvalue weighted by atomic mass is 10.3. The van der Waals surface area contributed by atoms with Gasteiger partial charge in [-0.2, -0.15) is 13.2 Å². The summed E-state index contributed by atoms with van der Waals surface area (Å²) >= 11 is 1.23. The average Bonchev–Trinajstić information content (AvgIpc) is 2.14. The van der Waals surface area contributed by atoms with E-state index in [1.54, 1.807) is 0 Å². The first-order chi connectivity index (χ1) is 6.54. The Balaban J connectivity index is 2.75. The zero-order valence-electron chi connectivity index (χ0n) is 7.01. The predicted octanol–water partition coefficient (Wildman–Crippen LogP) is 2.83. The number of nitrogens with zero attached hydrogens (tertiary/aromatic N) is 1. The molecule has 0 bridgehead atoms. The van der Waals surface area contributed by atoms with Gasteiger partial charge in [0.15, 0.2) is 0 Å². The Bertz CT molecular complexity index is 337.